The van der Waals surface area contributed by atoms with Gasteiger partial charge in [0.2, 0.25) is 5.91 Å². The standard InChI is InChI=1S/C27H35N3O3/c1-4-30-19-25(23-9-5-6-10-26(23)30)24(20-15-21(32-2)17-22(16-20)33-3)18-27(31)28-11-14-29-12-7-8-13-29/h5-6,9-10,15-17,19,24H,4,7-8,11-14,18H2,1-3H3,(H,28,31)/t24-/m1/s1. The number of ether oxygens (including phenoxy) is 2. The summed E-state index contributed by atoms with van der Waals surface area (Å²) in [5, 5.41) is 4.33. The first kappa shape index (κ1) is 23.2. The topological polar surface area (TPSA) is 55.7 Å². The molecule has 0 aliphatic carbocycles. The Morgan fingerprint density at radius 2 is 1.76 bits per heavy atom. The second kappa shape index (κ2) is 10.8. The number of aromatic nitrogens is 1. The number of methoxy groups -OCH3 is 2. The van der Waals surface area contributed by atoms with Crippen molar-refractivity contribution < 1.29 is 14.3 Å². The van der Waals surface area contributed by atoms with Crippen molar-refractivity contribution in [2.75, 3.05) is 40.4 Å². The van der Waals surface area contributed by atoms with Crippen molar-refractivity contribution in [3.63, 3.8) is 0 Å². The van der Waals surface area contributed by atoms with Crippen LogP contribution < -0.4 is 14.8 Å². The number of carbonyl (C=O) groups is 1. The maximum atomic E-state index is 13.1. The minimum atomic E-state index is -0.113. The van der Waals surface area contributed by atoms with Crippen LogP contribution in [-0.4, -0.2) is 55.8 Å². The van der Waals surface area contributed by atoms with Crippen molar-refractivity contribution in [1.82, 2.24) is 14.8 Å². The third kappa shape index (κ3) is 5.33. The summed E-state index contributed by atoms with van der Waals surface area (Å²) in [5.74, 6) is 1.40. The molecule has 1 amide bonds. The van der Waals surface area contributed by atoms with E-state index in [9.17, 15) is 4.79 Å². The summed E-state index contributed by atoms with van der Waals surface area (Å²) >= 11 is 0. The van der Waals surface area contributed by atoms with E-state index in [1.165, 1.54) is 23.7 Å². The highest BCUT2D eigenvalue weighted by Crippen LogP contribution is 2.37. The molecule has 4 rings (SSSR count). The predicted molar refractivity (Wildman–Crippen MR) is 132 cm³/mol. The van der Waals surface area contributed by atoms with E-state index in [1.54, 1.807) is 14.2 Å². The van der Waals surface area contributed by atoms with Crippen molar-refractivity contribution in [2.24, 2.45) is 0 Å². The first-order valence-electron chi connectivity index (χ1n) is 11.9. The Morgan fingerprint density at radius 1 is 1.06 bits per heavy atom. The second-order valence-electron chi connectivity index (χ2n) is 8.69. The number of rotatable bonds is 10. The molecule has 1 fully saturated rings. The van der Waals surface area contributed by atoms with Gasteiger partial charge in [-0.2, -0.15) is 0 Å². The fourth-order valence-electron chi connectivity index (χ4n) is 4.87. The molecule has 1 aromatic heterocycles. The number of benzene rings is 2. The maximum absolute atomic E-state index is 13.1. The number of fused-ring (bicyclic) bond motifs is 1. The molecule has 6 heteroatoms. The molecule has 0 saturated carbocycles. The van der Waals surface area contributed by atoms with Crippen LogP contribution in [0.3, 0.4) is 0 Å². The van der Waals surface area contributed by atoms with Crippen LogP contribution in [0.5, 0.6) is 11.5 Å². The molecule has 1 N–H and O–H groups in total. The molecule has 176 valence electrons. The molecule has 0 radical (unpaired) electrons. The number of hydrogen-bond donors (Lipinski definition) is 1. The molecule has 1 atom stereocenters. The van der Waals surface area contributed by atoms with Gasteiger partial charge in [0.15, 0.2) is 0 Å². The number of nitrogens with zero attached hydrogens (tertiary/aromatic N) is 2. The molecule has 33 heavy (non-hydrogen) atoms. The lowest BCUT2D eigenvalue weighted by Crippen LogP contribution is -2.34. The second-order valence-corrected chi connectivity index (χ2v) is 8.69. The van der Waals surface area contributed by atoms with Gasteiger partial charge in [-0.3, -0.25) is 4.79 Å². The third-order valence-corrected chi connectivity index (χ3v) is 6.65. The third-order valence-electron chi connectivity index (χ3n) is 6.65. The lowest BCUT2D eigenvalue weighted by Gasteiger charge is -2.20. The van der Waals surface area contributed by atoms with Crippen LogP contribution >= 0.6 is 0 Å². The highest BCUT2D eigenvalue weighted by atomic mass is 16.5. The van der Waals surface area contributed by atoms with E-state index < -0.39 is 0 Å². The van der Waals surface area contributed by atoms with Crippen LogP contribution in [0.4, 0.5) is 0 Å². The average molecular weight is 450 g/mol. The van der Waals surface area contributed by atoms with Gasteiger partial charge in [-0.25, -0.2) is 0 Å². The minimum absolute atomic E-state index is 0.0642. The van der Waals surface area contributed by atoms with Crippen LogP contribution in [0.25, 0.3) is 10.9 Å². The van der Waals surface area contributed by atoms with Crippen LogP contribution in [0, 0.1) is 0 Å². The lowest BCUT2D eigenvalue weighted by atomic mass is 9.87. The van der Waals surface area contributed by atoms with Gasteiger partial charge >= 0.3 is 0 Å². The fraction of sp³-hybridized carbons (Fsp3) is 0.444. The number of amides is 1. The quantitative estimate of drug-likeness (QED) is 0.498. The number of nitrogens with one attached hydrogen (secondary N) is 1. The highest BCUT2D eigenvalue weighted by Gasteiger charge is 2.24. The van der Waals surface area contributed by atoms with E-state index in [1.807, 2.05) is 18.2 Å². The number of para-hydroxylation sites is 1. The molecule has 6 nitrogen and oxygen atoms in total. The highest BCUT2D eigenvalue weighted by molar-refractivity contribution is 5.86. The first-order chi connectivity index (χ1) is 16.1. The molecule has 2 aromatic carbocycles. The zero-order valence-electron chi connectivity index (χ0n) is 20.0. The zero-order valence-corrected chi connectivity index (χ0v) is 20.0. The minimum Gasteiger partial charge on any atom is -0.497 e. The normalized spacial score (nSPS) is 15.0. The van der Waals surface area contributed by atoms with Crippen molar-refractivity contribution in [2.45, 2.75) is 38.6 Å². The van der Waals surface area contributed by atoms with Crippen molar-refractivity contribution in [1.29, 1.82) is 0 Å². The molecule has 1 saturated heterocycles. The summed E-state index contributed by atoms with van der Waals surface area (Å²) < 4.78 is 13.3. The van der Waals surface area contributed by atoms with Crippen molar-refractivity contribution in [3.8, 4) is 11.5 Å². The van der Waals surface area contributed by atoms with Gasteiger partial charge in [-0.1, -0.05) is 18.2 Å². The molecular formula is C27H35N3O3. The fourth-order valence-corrected chi connectivity index (χ4v) is 4.87. The summed E-state index contributed by atoms with van der Waals surface area (Å²) in [6, 6.07) is 14.3. The summed E-state index contributed by atoms with van der Waals surface area (Å²) in [4.78, 5) is 15.5. The van der Waals surface area contributed by atoms with Crippen molar-refractivity contribution >= 4 is 16.8 Å². The smallest absolute Gasteiger partial charge is 0.220 e. The molecular weight excluding hydrogens is 414 g/mol. The molecule has 1 aliphatic heterocycles. The Bertz CT molecular complexity index is 1060. The van der Waals surface area contributed by atoms with E-state index in [2.05, 4.69) is 52.2 Å². The van der Waals surface area contributed by atoms with Gasteiger partial charge in [-0.15, -0.1) is 0 Å². The van der Waals surface area contributed by atoms with Crippen LogP contribution in [0.1, 0.15) is 43.2 Å². The Labute approximate surface area is 196 Å². The van der Waals surface area contributed by atoms with Gasteiger partial charge in [0, 0.05) is 55.1 Å². The van der Waals surface area contributed by atoms with Gasteiger partial charge in [0.1, 0.15) is 11.5 Å². The summed E-state index contributed by atoms with van der Waals surface area (Å²) in [7, 11) is 3.31. The van der Waals surface area contributed by atoms with Crippen LogP contribution in [-0.2, 0) is 11.3 Å². The number of carbonyl (C=O) groups excluding carboxylic acids is 1. The monoisotopic (exact) mass is 449 g/mol. The van der Waals surface area contributed by atoms with Gasteiger partial charge in [0.05, 0.1) is 14.2 Å². The first-order valence-corrected chi connectivity index (χ1v) is 11.9. The molecule has 0 bridgehead atoms. The molecule has 1 aliphatic rings. The number of likely N-dealkylation sites (tertiary alicyclic amines) is 1. The van der Waals surface area contributed by atoms with E-state index >= 15 is 0 Å². The molecule has 0 unspecified atom stereocenters. The van der Waals surface area contributed by atoms with Crippen molar-refractivity contribution in [3.05, 3.63) is 59.8 Å². The maximum Gasteiger partial charge on any atom is 0.220 e. The summed E-state index contributed by atoms with van der Waals surface area (Å²) in [5.41, 5.74) is 3.35. The Kier molecular flexibility index (Phi) is 7.55. The molecule has 3 aromatic rings. The summed E-state index contributed by atoms with van der Waals surface area (Å²) in [6.45, 7) is 6.89. The Balaban J connectivity index is 1.65. The zero-order chi connectivity index (χ0) is 23.2. The SMILES string of the molecule is CCn1cc([C@H](CC(=O)NCCN2CCCC2)c2cc(OC)cc(OC)c2)c2ccccc21. The van der Waals surface area contributed by atoms with Gasteiger partial charge in [-0.05, 0) is 62.2 Å². The van der Waals surface area contributed by atoms with Crippen LogP contribution in [0.2, 0.25) is 0 Å². The predicted octanol–water partition coefficient (Wildman–Crippen LogP) is 4.41. The van der Waals surface area contributed by atoms with Gasteiger partial charge in [0.25, 0.3) is 0 Å². The van der Waals surface area contributed by atoms with E-state index in [0.717, 1.165) is 48.8 Å². The Hall–Kier alpha value is -2.99. The van der Waals surface area contributed by atoms with Crippen LogP contribution in [0.15, 0.2) is 48.7 Å². The van der Waals surface area contributed by atoms with Gasteiger partial charge < -0.3 is 24.3 Å². The Morgan fingerprint density at radius 3 is 2.42 bits per heavy atom. The largest absolute Gasteiger partial charge is 0.497 e. The molecule has 0 spiro atoms. The molecule has 2 heterocycles. The van der Waals surface area contributed by atoms with E-state index in [-0.39, 0.29) is 11.8 Å². The number of aryl methyl sites for hydroxylation is 1. The van der Waals surface area contributed by atoms with E-state index in [4.69, 9.17) is 9.47 Å². The van der Waals surface area contributed by atoms with E-state index in [0.29, 0.717) is 13.0 Å². The lowest BCUT2D eigenvalue weighted by molar-refractivity contribution is -0.121. The number of hydrogen-bond acceptors (Lipinski definition) is 4. The average Bonchev–Trinajstić information content (AvgIpc) is 3.50. The summed E-state index contributed by atoms with van der Waals surface area (Å²) in [6.07, 6.45) is 5.08.